The Morgan fingerprint density at radius 1 is 1.17 bits per heavy atom. The Hall–Kier alpha value is -0.860. The van der Waals surface area contributed by atoms with Crippen LogP contribution in [0.4, 0.5) is 0 Å². The lowest BCUT2D eigenvalue weighted by Gasteiger charge is -2.30. The van der Waals surface area contributed by atoms with E-state index < -0.39 is 5.60 Å². The second kappa shape index (κ2) is 5.02. The molecule has 1 saturated heterocycles. The minimum absolute atomic E-state index is 0.398. The summed E-state index contributed by atoms with van der Waals surface area (Å²) in [5, 5.41) is 10.8. The van der Waals surface area contributed by atoms with Gasteiger partial charge in [0.1, 0.15) is 0 Å². The van der Waals surface area contributed by atoms with Crippen LogP contribution < -0.4 is 0 Å². The third-order valence-electron chi connectivity index (χ3n) is 4.72. The van der Waals surface area contributed by atoms with E-state index in [1.165, 1.54) is 31.2 Å². The van der Waals surface area contributed by atoms with Gasteiger partial charge in [-0.3, -0.25) is 4.90 Å². The quantitative estimate of drug-likeness (QED) is 0.885. The number of likely N-dealkylation sites (tertiary alicyclic amines) is 1. The lowest BCUT2D eigenvalue weighted by Crippen LogP contribution is -2.39. The lowest BCUT2D eigenvalue weighted by atomic mass is 9.85. The van der Waals surface area contributed by atoms with Gasteiger partial charge in [-0.1, -0.05) is 43.2 Å². The van der Waals surface area contributed by atoms with Crippen molar-refractivity contribution in [3.05, 3.63) is 35.9 Å². The Labute approximate surface area is 110 Å². The highest BCUT2D eigenvalue weighted by Gasteiger charge is 2.43. The Balaban J connectivity index is 1.61. The highest BCUT2D eigenvalue weighted by Crippen LogP contribution is 2.39. The molecule has 2 aliphatic rings. The molecule has 2 nitrogen and oxygen atoms in total. The number of hydrogen-bond acceptors (Lipinski definition) is 2. The zero-order valence-electron chi connectivity index (χ0n) is 11.0. The van der Waals surface area contributed by atoms with Gasteiger partial charge in [0.15, 0.2) is 0 Å². The maximum atomic E-state index is 10.8. The predicted molar refractivity (Wildman–Crippen MR) is 73.2 cm³/mol. The van der Waals surface area contributed by atoms with Crippen LogP contribution in [0.2, 0.25) is 0 Å². The largest absolute Gasteiger partial charge is 0.388 e. The Morgan fingerprint density at radius 3 is 2.61 bits per heavy atom. The molecular weight excluding hydrogens is 222 g/mol. The third kappa shape index (κ3) is 2.45. The first-order valence-corrected chi connectivity index (χ1v) is 7.25. The summed E-state index contributed by atoms with van der Waals surface area (Å²) in [6.45, 7) is 2.89. The van der Waals surface area contributed by atoms with Crippen molar-refractivity contribution < 1.29 is 5.11 Å². The van der Waals surface area contributed by atoms with E-state index in [1.54, 1.807) is 0 Å². The maximum Gasteiger partial charge on any atom is 0.0814 e. The minimum atomic E-state index is -0.398. The van der Waals surface area contributed by atoms with Crippen molar-refractivity contribution in [2.45, 2.75) is 44.2 Å². The van der Waals surface area contributed by atoms with Crippen LogP contribution in [0, 0.1) is 5.92 Å². The number of hydrogen-bond donors (Lipinski definition) is 1. The molecule has 98 valence electrons. The maximum absolute atomic E-state index is 10.8. The number of benzene rings is 1. The van der Waals surface area contributed by atoms with Crippen molar-refractivity contribution in [3.8, 4) is 0 Å². The first-order valence-electron chi connectivity index (χ1n) is 7.25. The number of rotatable bonds is 3. The smallest absolute Gasteiger partial charge is 0.0814 e. The molecule has 1 saturated carbocycles. The van der Waals surface area contributed by atoms with E-state index in [9.17, 15) is 5.11 Å². The van der Waals surface area contributed by atoms with Gasteiger partial charge in [-0.2, -0.15) is 0 Å². The summed E-state index contributed by atoms with van der Waals surface area (Å²) in [6.07, 6.45) is 6.05. The Kier molecular flexibility index (Phi) is 3.40. The third-order valence-corrected chi connectivity index (χ3v) is 4.72. The molecule has 0 spiro atoms. The molecule has 1 atom stereocenters. The van der Waals surface area contributed by atoms with E-state index in [0.717, 1.165) is 26.1 Å². The molecule has 0 amide bonds. The first-order chi connectivity index (χ1) is 8.76. The summed E-state index contributed by atoms with van der Waals surface area (Å²) in [7, 11) is 0. The average Bonchev–Trinajstić information content (AvgIpc) is 3.01. The van der Waals surface area contributed by atoms with E-state index in [-0.39, 0.29) is 0 Å². The zero-order valence-corrected chi connectivity index (χ0v) is 11.0. The molecule has 2 heteroatoms. The summed E-state index contributed by atoms with van der Waals surface area (Å²) in [5.41, 5.74) is 0.957. The minimum Gasteiger partial charge on any atom is -0.388 e. The highest BCUT2D eigenvalue weighted by molar-refractivity contribution is 5.15. The number of β-amino-alcohol motifs (C(OH)–C–C–N with tert-alkyl or cyclic N) is 1. The van der Waals surface area contributed by atoms with Crippen molar-refractivity contribution in [2.75, 3.05) is 13.1 Å². The van der Waals surface area contributed by atoms with Crippen LogP contribution in [0.15, 0.2) is 30.3 Å². The van der Waals surface area contributed by atoms with E-state index in [2.05, 4.69) is 35.2 Å². The van der Waals surface area contributed by atoms with Crippen LogP contribution in [0.25, 0.3) is 0 Å². The fraction of sp³-hybridized carbons (Fsp3) is 0.625. The molecule has 0 aromatic heterocycles. The summed E-state index contributed by atoms with van der Waals surface area (Å²) in [6, 6.07) is 10.6. The van der Waals surface area contributed by atoms with Crippen molar-refractivity contribution in [1.82, 2.24) is 4.90 Å². The SMILES string of the molecule is OC1(C2CCCC2)CCN(Cc2ccccc2)C1. The second-order valence-corrected chi connectivity index (χ2v) is 6.03. The van der Waals surface area contributed by atoms with Crippen molar-refractivity contribution in [3.63, 3.8) is 0 Å². The van der Waals surface area contributed by atoms with Gasteiger partial charge in [-0.15, -0.1) is 0 Å². The molecule has 1 N–H and O–H groups in total. The van der Waals surface area contributed by atoms with Gasteiger partial charge in [0, 0.05) is 19.6 Å². The summed E-state index contributed by atoms with van der Waals surface area (Å²) in [4.78, 5) is 2.41. The van der Waals surface area contributed by atoms with Crippen LogP contribution in [-0.2, 0) is 6.54 Å². The molecule has 3 rings (SSSR count). The van der Waals surface area contributed by atoms with Crippen LogP contribution in [0.3, 0.4) is 0 Å². The van der Waals surface area contributed by atoms with Crippen LogP contribution in [0.1, 0.15) is 37.7 Å². The van der Waals surface area contributed by atoms with E-state index in [4.69, 9.17) is 0 Å². The topological polar surface area (TPSA) is 23.5 Å². The summed E-state index contributed by atoms with van der Waals surface area (Å²) >= 11 is 0. The van der Waals surface area contributed by atoms with Crippen molar-refractivity contribution in [2.24, 2.45) is 5.92 Å². The lowest BCUT2D eigenvalue weighted by molar-refractivity contribution is -0.00717. The van der Waals surface area contributed by atoms with Crippen molar-refractivity contribution >= 4 is 0 Å². The zero-order chi connectivity index (χ0) is 12.4. The fourth-order valence-electron chi connectivity index (χ4n) is 3.67. The average molecular weight is 245 g/mol. The molecule has 0 radical (unpaired) electrons. The van der Waals surface area contributed by atoms with Crippen LogP contribution >= 0.6 is 0 Å². The van der Waals surface area contributed by atoms with E-state index >= 15 is 0 Å². The van der Waals surface area contributed by atoms with Gasteiger partial charge in [-0.05, 0) is 30.7 Å². The van der Waals surface area contributed by atoms with Gasteiger partial charge < -0.3 is 5.11 Å². The molecule has 1 heterocycles. The second-order valence-electron chi connectivity index (χ2n) is 6.03. The molecule has 1 aliphatic heterocycles. The molecule has 1 aromatic rings. The van der Waals surface area contributed by atoms with Gasteiger partial charge >= 0.3 is 0 Å². The molecular formula is C16H23NO. The van der Waals surface area contributed by atoms with E-state index in [1.807, 2.05) is 0 Å². The molecule has 0 bridgehead atoms. The first kappa shape index (κ1) is 12.2. The summed E-state index contributed by atoms with van der Waals surface area (Å²) in [5.74, 6) is 0.554. The molecule has 1 aromatic carbocycles. The Bertz CT molecular complexity index is 385. The monoisotopic (exact) mass is 245 g/mol. The molecule has 1 unspecified atom stereocenters. The van der Waals surface area contributed by atoms with Crippen LogP contribution in [0.5, 0.6) is 0 Å². The van der Waals surface area contributed by atoms with Crippen molar-refractivity contribution in [1.29, 1.82) is 0 Å². The van der Waals surface area contributed by atoms with Gasteiger partial charge in [0.25, 0.3) is 0 Å². The Morgan fingerprint density at radius 2 is 1.89 bits per heavy atom. The molecule has 18 heavy (non-hydrogen) atoms. The fourth-order valence-corrected chi connectivity index (χ4v) is 3.67. The van der Waals surface area contributed by atoms with E-state index in [0.29, 0.717) is 5.92 Å². The predicted octanol–water partition coefficient (Wildman–Crippen LogP) is 2.81. The molecule has 1 aliphatic carbocycles. The number of aliphatic hydroxyl groups is 1. The highest BCUT2D eigenvalue weighted by atomic mass is 16.3. The molecule has 2 fully saturated rings. The summed E-state index contributed by atoms with van der Waals surface area (Å²) < 4.78 is 0. The normalized spacial score (nSPS) is 30.1. The van der Waals surface area contributed by atoms with Gasteiger partial charge in [-0.25, -0.2) is 0 Å². The van der Waals surface area contributed by atoms with Gasteiger partial charge in [0.2, 0.25) is 0 Å². The number of nitrogens with zero attached hydrogens (tertiary/aromatic N) is 1. The van der Waals surface area contributed by atoms with Gasteiger partial charge in [0.05, 0.1) is 5.60 Å². The standard InChI is InChI=1S/C16H23NO/c18-16(15-8-4-5-9-15)10-11-17(13-16)12-14-6-2-1-3-7-14/h1-3,6-7,15,18H,4-5,8-13H2. The van der Waals surface area contributed by atoms with Crippen LogP contribution in [-0.4, -0.2) is 28.7 Å².